The van der Waals surface area contributed by atoms with Crippen LogP contribution in [0, 0.1) is 0 Å². The van der Waals surface area contributed by atoms with Crippen LogP contribution in [0.15, 0.2) is 27.5 Å². The largest absolute Gasteiger partial charge is 0.369 e. The molecule has 1 unspecified atom stereocenters. The van der Waals surface area contributed by atoms with Gasteiger partial charge in [-0.15, -0.1) is 4.40 Å². The number of benzene rings is 1. The molecule has 0 bridgehead atoms. The van der Waals surface area contributed by atoms with Gasteiger partial charge in [-0.05, 0) is 56.0 Å². The molecule has 7 heteroatoms. The zero-order chi connectivity index (χ0) is 14.3. The lowest BCUT2D eigenvalue weighted by Crippen LogP contribution is -2.37. The number of nitrogens with one attached hydrogen (secondary N) is 1. The molecule has 5 nitrogen and oxygen atoms in total. The van der Waals surface area contributed by atoms with Crippen LogP contribution in [0.1, 0.15) is 26.2 Å². The Morgan fingerprint density at radius 3 is 2.95 bits per heavy atom. The van der Waals surface area contributed by atoms with Crippen LogP contribution in [0.5, 0.6) is 0 Å². The molecule has 1 fully saturated rings. The fourth-order valence-corrected chi connectivity index (χ4v) is 4.17. The Kier molecular flexibility index (Phi) is 3.38. The average molecular weight is 314 g/mol. The molecule has 1 aromatic carbocycles. The molecular formula is C13H16ClN3O2S. The summed E-state index contributed by atoms with van der Waals surface area (Å²) in [7, 11) is -3.70. The molecular weight excluding hydrogens is 298 g/mol. The monoisotopic (exact) mass is 313 g/mol. The molecule has 0 spiro atoms. The van der Waals surface area contributed by atoms with Crippen molar-refractivity contribution in [3.8, 4) is 0 Å². The van der Waals surface area contributed by atoms with Crippen LogP contribution in [0.2, 0.25) is 0 Å². The second-order valence-corrected chi connectivity index (χ2v) is 7.13. The molecule has 20 heavy (non-hydrogen) atoms. The van der Waals surface area contributed by atoms with Gasteiger partial charge in [0.1, 0.15) is 4.90 Å². The molecule has 0 radical (unpaired) electrons. The highest BCUT2D eigenvalue weighted by atomic mass is 35.5. The van der Waals surface area contributed by atoms with E-state index in [0.29, 0.717) is 11.7 Å². The van der Waals surface area contributed by atoms with Crippen molar-refractivity contribution in [2.75, 3.05) is 16.8 Å². The Balaban J connectivity index is 2.03. The molecule has 0 amide bonds. The quantitative estimate of drug-likeness (QED) is 0.810. The van der Waals surface area contributed by atoms with Crippen molar-refractivity contribution in [1.82, 2.24) is 0 Å². The summed E-state index contributed by atoms with van der Waals surface area (Å²) in [5.41, 5.74) is 1.41. The van der Waals surface area contributed by atoms with E-state index < -0.39 is 10.0 Å². The fourth-order valence-electron chi connectivity index (χ4n) is 2.78. The maximum absolute atomic E-state index is 12.1. The second-order valence-electron chi connectivity index (χ2n) is 5.20. The van der Waals surface area contributed by atoms with Crippen LogP contribution in [0.3, 0.4) is 0 Å². The van der Waals surface area contributed by atoms with Crippen LogP contribution in [0.25, 0.3) is 0 Å². The van der Waals surface area contributed by atoms with Gasteiger partial charge in [0.05, 0.1) is 5.69 Å². The molecule has 0 aliphatic carbocycles. The standard InChI is InChI=1S/C13H16ClN3O2S/c1-9-4-2-3-7-17(9)10-5-6-11-12(8-10)20(18,19)16-13(14)15-11/h5-6,8-9H,2-4,7H2,1H3,(H,15,16). The highest BCUT2D eigenvalue weighted by molar-refractivity contribution is 7.90. The molecule has 0 aromatic heterocycles. The lowest BCUT2D eigenvalue weighted by Gasteiger charge is -2.35. The van der Waals surface area contributed by atoms with Crippen molar-refractivity contribution < 1.29 is 8.42 Å². The predicted molar refractivity (Wildman–Crippen MR) is 81.2 cm³/mol. The first-order chi connectivity index (χ1) is 9.47. The van der Waals surface area contributed by atoms with E-state index in [4.69, 9.17) is 11.6 Å². The Morgan fingerprint density at radius 1 is 1.40 bits per heavy atom. The van der Waals surface area contributed by atoms with Gasteiger partial charge in [-0.3, -0.25) is 0 Å². The molecule has 1 atom stereocenters. The number of fused-ring (bicyclic) bond motifs is 1. The topological polar surface area (TPSA) is 61.8 Å². The summed E-state index contributed by atoms with van der Waals surface area (Å²) in [6.07, 6.45) is 3.49. The molecule has 1 N–H and O–H groups in total. The fraction of sp³-hybridized carbons (Fsp3) is 0.462. The van der Waals surface area contributed by atoms with E-state index in [1.165, 1.54) is 6.42 Å². The molecule has 2 aliphatic rings. The Labute approximate surface area is 123 Å². The summed E-state index contributed by atoms with van der Waals surface area (Å²) < 4.78 is 27.6. The Bertz CT molecular complexity index is 672. The maximum atomic E-state index is 12.1. The van der Waals surface area contributed by atoms with Gasteiger partial charge in [-0.1, -0.05) is 0 Å². The molecule has 3 rings (SSSR count). The summed E-state index contributed by atoms with van der Waals surface area (Å²) >= 11 is 5.69. The van der Waals surface area contributed by atoms with Gasteiger partial charge < -0.3 is 10.2 Å². The number of sulfonamides is 1. The molecule has 2 heterocycles. The van der Waals surface area contributed by atoms with Crippen LogP contribution in [0.4, 0.5) is 11.4 Å². The minimum absolute atomic E-state index is 0.114. The van der Waals surface area contributed by atoms with E-state index >= 15 is 0 Å². The van der Waals surface area contributed by atoms with Crippen molar-refractivity contribution in [1.29, 1.82) is 0 Å². The van der Waals surface area contributed by atoms with Gasteiger partial charge >= 0.3 is 0 Å². The van der Waals surface area contributed by atoms with E-state index in [2.05, 4.69) is 21.5 Å². The zero-order valence-electron chi connectivity index (χ0n) is 11.1. The molecule has 1 aromatic rings. The van der Waals surface area contributed by atoms with Gasteiger partial charge in [0.2, 0.25) is 5.29 Å². The van der Waals surface area contributed by atoms with Gasteiger partial charge in [0.15, 0.2) is 0 Å². The maximum Gasteiger partial charge on any atom is 0.287 e. The van der Waals surface area contributed by atoms with Gasteiger partial charge in [0, 0.05) is 18.3 Å². The molecule has 108 valence electrons. The lowest BCUT2D eigenvalue weighted by atomic mass is 10.0. The SMILES string of the molecule is CC1CCCCN1c1ccc2c(c1)S(=O)(=O)N=C(Cl)N2. The highest BCUT2D eigenvalue weighted by Crippen LogP contribution is 2.33. The molecule has 1 saturated heterocycles. The van der Waals surface area contributed by atoms with Crippen LogP contribution >= 0.6 is 11.6 Å². The number of hydrogen-bond acceptors (Lipinski definition) is 4. The summed E-state index contributed by atoms with van der Waals surface area (Å²) in [4.78, 5) is 2.44. The van der Waals surface area contributed by atoms with Crippen molar-refractivity contribution in [3.63, 3.8) is 0 Å². The lowest BCUT2D eigenvalue weighted by molar-refractivity contribution is 0.484. The van der Waals surface area contributed by atoms with Crippen molar-refractivity contribution in [2.24, 2.45) is 4.40 Å². The first kappa shape index (κ1) is 13.7. The number of anilines is 2. The average Bonchev–Trinajstić information content (AvgIpc) is 2.38. The Morgan fingerprint density at radius 2 is 2.20 bits per heavy atom. The number of nitrogens with zero attached hydrogens (tertiary/aromatic N) is 2. The van der Waals surface area contributed by atoms with E-state index in [1.54, 1.807) is 12.1 Å². The number of amidine groups is 1. The van der Waals surface area contributed by atoms with Gasteiger partial charge in [-0.2, -0.15) is 8.42 Å². The number of halogens is 1. The smallest absolute Gasteiger partial charge is 0.287 e. The molecule has 2 aliphatic heterocycles. The minimum atomic E-state index is -3.70. The number of hydrogen-bond donors (Lipinski definition) is 1. The molecule has 0 saturated carbocycles. The van der Waals surface area contributed by atoms with Crippen LogP contribution in [-0.2, 0) is 10.0 Å². The van der Waals surface area contributed by atoms with Crippen LogP contribution in [-0.4, -0.2) is 26.3 Å². The van der Waals surface area contributed by atoms with E-state index in [1.807, 2.05) is 6.07 Å². The summed E-state index contributed by atoms with van der Waals surface area (Å²) in [6.45, 7) is 3.12. The van der Waals surface area contributed by atoms with Gasteiger partial charge in [-0.25, -0.2) is 0 Å². The number of piperidine rings is 1. The summed E-state index contributed by atoms with van der Waals surface area (Å²) in [5, 5.41) is 2.66. The van der Waals surface area contributed by atoms with E-state index in [0.717, 1.165) is 25.1 Å². The van der Waals surface area contributed by atoms with E-state index in [-0.39, 0.29) is 10.2 Å². The third-order valence-corrected chi connectivity index (χ3v) is 5.41. The third kappa shape index (κ3) is 2.38. The third-order valence-electron chi connectivity index (χ3n) is 3.82. The second kappa shape index (κ2) is 4.93. The Hall–Kier alpha value is -1.27. The highest BCUT2D eigenvalue weighted by Gasteiger charge is 2.26. The summed E-state index contributed by atoms with van der Waals surface area (Å²) in [5.74, 6) is 0. The predicted octanol–water partition coefficient (Wildman–Crippen LogP) is 2.77. The first-order valence-corrected chi connectivity index (χ1v) is 8.47. The van der Waals surface area contributed by atoms with Crippen molar-refractivity contribution >= 4 is 38.3 Å². The van der Waals surface area contributed by atoms with E-state index in [9.17, 15) is 8.42 Å². The zero-order valence-corrected chi connectivity index (χ0v) is 12.7. The van der Waals surface area contributed by atoms with Crippen molar-refractivity contribution in [2.45, 2.75) is 37.1 Å². The normalized spacial score (nSPS) is 24.6. The minimum Gasteiger partial charge on any atom is -0.369 e. The van der Waals surface area contributed by atoms with Crippen molar-refractivity contribution in [3.05, 3.63) is 18.2 Å². The van der Waals surface area contributed by atoms with Crippen LogP contribution < -0.4 is 10.2 Å². The summed E-state index contributed by atoms with van der Waals surface area (Å²) in [6, 6.07) is 5.79. The first-order valence-electron chi connectivity index (χ1n) is 6.65. The van der Waals surface area contributed by atoms with Gasteiger partial charge in [0.25, 0.3) is 10.0 Å². The number of rotatable bonds is 1.